The van der Waals surface area contributed by atoms with E-state index in [1.54, 1.807) is 0 Å². The second-order valence-electron chi connectivity index (χ2n) is 14.6. The molecule has 0 unspecified atom stereocenters. The van der Waals surface area contributed by atoms with Crippen LogP contribution in [0.1, 0.15) is 148 Å². The van der Waals surface area contributed by atoms with Gasteiger partial charge in [0, 0.05) is 12.8 Å². The smallest absolute Gasteiger partial charge is 0.306 e. The molecule has 224 valence electrons. The lowest BCUT2D eigenvalue weighted by atomic mass is 9.77. The van der Waals surface area contributed by atoms with Crippen molar-refractivity contribution in [1.29, 1.82) is 0 Å². The van der Waals surface area contributed by atoms with Gasteiger partial charge in [-0.1, -0.05) is 126 Å². The molecule has 2 N–H and O–H groups in total. The quantitative estimate of drug-likeness (QED) is 0.203. The van der Waals surface area contributed by atoms with Crippen molar-refractivity contribution in [2.24, 2.45) is 0 Å². The van der Waals surface area contributed by atoms with Crippen molar-refractivity contribution in [3.63, 3.8) is 0 Å². The number of phenolic OH excluding ortho intramolecular Hbond substituents is 2. The number of unbranched alkanes of at least 4 members (excludes halogenated alkanes) is 5. The molecule has 4 nitrogen and oxygen atoms in total. The van der Waals surface area contributed by atoms with Gasteiger partial charge in [0.2, 0.25) is 0 Å². The third kappa shape index (κ3) is 9.85. The lowest BCUT2D eigenvalue weighted by Gasteiger charge is -2.28. The molecule has 40 heavy (non-hydrogen) atoms. The van der Waals surface area contributed by atoms with Gasteiger partial charge in [-0.3, -0.25) is 4.79 Å². The van der Waals surface area contributed by atoms with Crippen molar-refractivity contribution < 1.29 is 19.7 Å². The Hall–Kier alpha value is -2.49. The molecule has 0 heterocycles. The van der Waals surface area contributed by atoms with Crippen LogP contribution in [0.15, 0.2) is 24.3 Å². The number of phenols is 2. The third-order valence-electron chi connectivity index (χ3n) is 7.62. The summed E-state index contributed by atoms with van der Waals surface area (Å²) in [4.78, 5) is 12.5. The molecule has 0 aliphatic rings. The first-order valence-corrected chi connectivity index (χ1v) is 15.3. The van der Waals surface area contributed by atoms with Crippen LogP contribution in [0.2, 0.25) is 0 Å². The van der Waals surface area contributed by atoms with E-state index in [2.05, 4.69) is 81.4 Å². The molecule has 0 aliphatic heterocycles. The predicted octanol–water partition coefficient (Wildman–Crippen LogP) is 9.42. The monoisotopic (exact) mass is 552 g/mol. The number of aryl methyl sites for hydroxylation is 1. The van der Waals surface area contributed by atoms with E-state index in [1.165, 1.54) is 25.7 Å². The number of carbonyl (C=O) groups is 1. The van der Waals surface area contributed by atoms with Gasteiger partial charge in [-0.15, -0.1) is 0 Å². The van der Waals surface area contributed by atoms with Gasteiger partial charge in [0.25, 0.3) is 0 Å². The first kappa shape index (κ1) is 33.7. The maximum absolute atomic E-state index is 12.5. The zero-order valence-electron chi connectivity index (χ0n) is 27.1. The highest BCUT2D eigenvalue weighted by atomic mass is 16.5. The minimum Gasteiger partial charge on any atom is -0.507 e. The van der Waals surface area contributed by atoms with E-state index >= 15 is 0 Å². The molecule has 2 aromatic carbocycles. The van der Waals surface area contributed by atoms with Crippen LogP contribution < -0.4 is 0 Å². The Bertz CT molecular complexity index is 1090. The minimum absolute atomic E-state index is 0.163. The van der Waals surface area contributed by atoms with Crippen molar-refractivity contribution in [3.05, 3.63) is 57.6 Å². The van der Waals surface area contributed by atoms with Crippen LogP contribution in [0.4, 0.5) is 0 Å². The molecule has 0 fully saturated rings. The zero-order valence-corrected chi connectivity index (χ0v) is 27.1. The summed E-state index contributed by atoms with van der Waals surface area (Å²) in [6.45, 7) is 21.7. The van der Waals surface area contributed by atoms with Crippen molar-refractivity contribution in [2.75, 3.05) is 6.61 Å². The highest BCUT2D eigenvalue weighted by Gasteiger charge is 2.27. The molecule has 0 amide bonds. The summed E-state index contributed by atoms with van der Waals surface area (Å²) in [5.41, 5.74) is 4.92. The Balaban J connectivity index is 2.29. The number of carbonyl (C=O) groups excluding carboxylic acids is 1. The van der Waals surface area contributed by atoms with Gasteiger partial charge in [0.05, 0.1) is 6.61 Å². The molecule has 0 saturated carbocycles. The number of esters is 1. The topological polar surface area (TPSA) is 66.8 Å². The number of hydrogen-bond acceptors (Lipinski definition) is 4. The molecule has 0 atom stereocenters. The summed E-state index contributed by atoms with van der Waals surface area (Å²) in [7, 11) is 0. The van der Waals surface area contributed by atoms with E-state index in [0.717, 1.165) is 46.2 Å². The Morgan fingerprint density at radius 3 is 1.68 bits per heavy atom. The standard InChI is InChI=1S/C36H56O4/c1-11-12-13-14-15-16-19-40-31(37)18-17-25-20-27(32(38)28(22-25)34(2,3)4)21-26-23-29(35(5,6)7)33(39)30(24-26)36(8,9)10/h20,22-24,38-39H,11-19,21H2,1-10H3. The second kappa shape index (κ2) is 13.9. The normalized spacial score (nSPS) is 12.6. The first-order valence-electron chi connectivity index (χ1n) is 15.3. The lowest BCUT2D eigenvalue weighted by molar-refractivity contribution is -0.143. The third-order valence-corrected chi connectivity index (χ3v) is 7.62. The fraction of sp³-hybridized carbons (Fsp3) is 0.639. The van der Waals surface area contributed by atoms with Gasteiger partial charge < -0.3 is 14.9 Å². The molecule has 0 spiro atoms. The van der Waals surface area contributed by atoms with E-state index in [4.69, 9.17) is 4.74 Å². The lowest BCUT2D eigenvalue weighted by Crippen LogP contribution is -2.18. The molecule has 4 heteroatoms. The molecule has 0 aliphatic carbocycles. The van der Waals surface area contributed by atoms with Crippen LogP contribution in [0.3, 0.4) is 0 Å². The summed E-state index contributed by atoms with van der Waals surface area (Å²) in [5, 5.41) is 22.5. The van der Waals surface area contributed by atoms with Gasteiger partial charge >= 0.3 is 5.97 Å². The predicted molar refractivity (Wildman–Crippen MR) is 168 cm³/mol. The summed E-state index contributed by atoms with van der Waals surface area (Å²) in [6, 6.07) is 8.23. The van der Waals surface area contributed by atoms with Crippen LogP contribution in [-0.2, 0) is 38.6 Å². The van der Waals surface area contributed by atoms with Gasteiger partial charge in [0.15, 0.2) is 0 Å². The maximum atomic E-state index is 12.5. The van der Waals surface area contributed by atoms with Crippen LogP contribution in [0.5, 0.6) is 11.5 Å². The van der Waals surface area contributed by atoms with Crippen molar-refractivity contribution in [2.45, 2.75) is 143 Å². The van der Waals surface area contributed by atoms with Gasteiger partial charge in [-0.2, -0.15) is 0 Å². The fourth-order valence-electron chi connectivity index (χ4n) is 5.16. The maximum Gasteiger partial charge on any atom is 0.306 e. The van der Waals surface area contributed by atoms with E-state index in [0.29, 0.717) is 37.4 Å². The molecule has 2 rings (SSSR count). The van der Waals surface area contributed by atoms with Gasteiger partial charge in [-0.25, -0.2) is 0 Å². The fourth-order valence-corrected chi connectivity index (χ4v) is 5.16. The molecular weight excluding hydrogens is 496 g/mol. The minimum atomic E-state index is -0.255. The van der Waals surface area contributed by atoms with Gasteiger partial charge in [0.1, 0.15) is 11.5 Å². The molecule has 0 saturated heterocycles. The number of aromatic hydroxyl groups is 2. The highest BCUT2D eigenvalue weighted by molar-refractivity contribution is 5.69. The Labute approximate surface area is 244 Å². The number of hydrogen-bond donors (Lipinski definition) is 2. The summed E-state index contributed by atoms with van der Waals surface area (Å²) in [6.07, 6.45) is 8.42. The molecule has 2 aromatic rings. The average molecular weight is 553 g/mol. The average Bonchev–Trinajstić information content (AvgIpc) is 2.82. The number of ether oxygens (including phenoxy) is 1. The van der Waals surface area contributed by atoms with Crippen molar-refractivity contribution >= 4 is 5.97 Å². The largest absolute Gasteiger partial charge is 0.507 e. The highest BCUT2D eigenvalue weighted by Crippen LogP contribution is 2.41. The van der Waals surface area contributed by atoms with E-state index in [-0.39, 0.29) is 22.2 Å². The van der Waals surface area contributed by atoms with E-state index in [1.807, 2.05) is 12.1 Å². The van der Waals surface area contributed by atoms with Crippen LogP contribution in [-0.4, -0.2) is 22.8 Å². The number of benzene rings is 2. The second-order valence-corrected chi connectivity index (χ2v) is 14.6. The number of rotatable bonds is 12. The van der Waals surface area contributed by atoms with Crippen LogP contribution in [0, 0.1) is 0 Å². The van der Waals surface area contributed by atoms with E-state index < -0.39 is 0 Å². The molecular formula is C36H56O4. The van der Waals surface area contributed by atoms with Gasteiger partial charge in [-0.05, 0) is 62.5 Å². The van der Waals surface area contributed by atoms with Crippen molar-refractivity contribution in [1.82, 2.24) is 0 Å². The first-order chi connectivity index (χ1) is 18.4. The summed E-state index contributed by atoms with van der Waals surface area (Å²) >= 11 is 0. The summed E-state index contributed by atoms with van der Waals surface area (Å²) < 4.78 is 5.51. The van der Waals surface area contributed by atoms with Crippen LogP contribution >= 0.6 is 0 Å². The summed E-state index contributed by atoms with van der Waals surface area (Å²) in [5.74, 6) is 0.504. The van der Waals surface area contributed by atoms with E-state index in [9.17, 15) is 15.0 Å². The Kier molecular flexibility index (Phi) is 11.7. The molecule has 0 radical (unpaired) electrons. The molecule has 0 bridgehead atoms. The molecule has 0 aromatic heterocycles. The zero-order chi connectivity index (χ0) is 30.3. The Morgan fingerprint density at radius 1 is 0.675 bits per heavy atom. The SMILES string of the molecule is CCCCCCCCOC(=O)CCc1cc(Cc2cc(C(C)(C)C)c(O)c(C(C)(C)C)c2)c(O)c(C(C)(C)C)c1. The van der Waals surface area contributed by atoms with Crippen LogP contribution in [0.25, 0.3) is 0 Å². The Morgan fingerprint density at radius 2 is 1.15 bits per heavy atom. The van der Waals surface area contributed by atoms with Crippen molar-refractivity contribution in [3.8, 4) is 11.5 Å².